The summed E-state index contributed by atoms with van der Waals surface area (Å²) in [5.41, 5.74) is -0.571. The molecule has 1 aromatic rings. The van der Waals surface area contributed by atoms with Gasteiger partial charge < -0.3 is 15.7 Å². The van der Waals surface area contributed by atoms with E-state index in [0.717, 1.165) is 6.07 Å². The van der Waals surface area contributed by atoms with Crippen LogP contribution in [0.3, 0.4) is 0 Å². The highest BCUT2D eigenvalue weighted by Crippen LogP contribution is 2.24. The van der Waals surface area contributed by atoms with Crippen molar-refractivity contribution in [2.45, 2.75) is 27.7 Å². The van der Waals surface area contributed by atoms with Crippen LogP contribution in [0.15, 0.2) is 18.2 Å². The van der Waals surface area contributed by atoms with Crippen LogP contribution in [0.25, 0.3) is 0 Å². The van der Waals surface area contributed by atoms with Crippen LogP contribution in [0.4, 0.5) is 14.9 Å². The van der Waals surface area contributed by atoms with Crippen molar-refractivity contribution in [3.05, 3.63) is 29.6 Å². The Balaban J connectivity index is 2.72. The Bertz CT molecular complexity index is 538. The summed E-state index contributed by atoms with van der Waals surface area (Å²) < 4.78 is 13.5. The Morgan fingerprint density at radius 1 is 1.33 bits per heavy atom. The average Bonchev–Trinajstić information content (AvgIpc) is 2.34. The van der Waals surface area contributed by atoms with E-state index in [0.29, 0.717) is 6.54 Å². The minimum Gasteiger partial charge on any atom is -0.478 e. The molecule has 0 radical (unpaired) electrons. The highest BCUT2D eigenvalue weighted by Gasteiger charge is 2.21. The van der Waals surface area contributed by atoms with Gasteiger partial charge >= 0.3 is 12.0 Å². The third-order valence-electron chi connectivity index (χ3n) is 3.52. The number of rotatable bonds is 4. The maximum absolute atomic E-state index is 13.5. The zero-order chi connectivity index (χ0) is 16.2. The first-order valence-electron chi connectivity index (χ1n) is 6.69. The summed E-state index contributed by atoms with van der Waals surface area (Å²) in [6.45, 7) is 8.63. The zero-order valence-electron chi connectivity index (χ0n) is 12.7. The normalized spacial score (nSPS) is 12.6. The van der Waals surface area contributed by atoms with E-state index in [1.807, 2.05) is 6.92 Å². The molecule has 0 saturated carbocycles. The number of nitrogens with one attached hydrogen (secondary N) is 2. The lowest BCUT2D eigenvalue weighted by atomic mass is 9.82. The second-order valence-electron chi connectivity index (χ2n) is 6.07. The minimum atomic E-state index is -1.42. The van der Waals surface area contributed by atoms with Crippen molar-refractivity contribution in [2.75, 3.05) is 11.9 Å². The van der Waals surface area contributed by atoms with E-state index in [4.69, 9.17) is 5.11 Å². The molecule has 2 amide bonds. The third kappa shape index (κ3) is 4.73. The number of benzene rings is 1. The summed E-state index contributed by atoms with van der Waals surface area (Å²) in [5.74, 6) is -2.08. The molecule has 0 bridgehead atoms. The predicted octanol–water partition coefficient (Wildman–Crippen LogP) is 3.33. The highest BCUT2D eigenvalue weighted by molar-refractivity contribution is 6.00. The number of urea groups is 1. The summed E-state index contributed by atoms with van der Waals surface area (Å²) in [7, 11) is 0. The van der Waals surface area contributed by atoms with E-state index >= 15 is 0 Å². The Morgan fingerprint density at radius 3 is 2.48 bits per heavy atom. The molecule has 0 saturated heterocycles. The van der Waals surface area contributed by atoms with Crippen LogP contribution in [0.1, 0.15) is 38.1 Å². The fourth-order valence-corrected chi connectivity index (χ4v) is 1.56. The lowest BCUT2D eigenvalue weighted by Gasteiger charge is -2.27. The molecule has 21 heavy (non-hydrogen) atoms. The van der Waals surface area contributed by atoms with Gasteiger partial charge in [-0.05, 0) is 23.5 Å². The molecule has 5 nitrogen and oxygen atoms in total. The van der Waals surface area contributed by atoms with Crippen LogP contribution in [0.2, 0.25) is 0 Å². The summed E-state index contributed by atoms with van der Waals surface area (Å²) in [4.78, 5) is 22.8. The molecule has 0 heterocycles. The van der Waals surface area contributed by atoms with E-state index < -0.39 is 23.4 Å². The molecule has 0 spiro atoms. The number of carbonyl (C=O) groups is 2. The van der Waals surface area contributed by atoms with Crippen molar-refractivity contribution in [1.82, 2.24) is 5.32 Å². The first-order valence-corrected chi connectivity index (χ1v) is 6.69. The monoisotopic (exact) mass is 296 g/mol. The summed E-state index contributed by atoms with van der Waals surface area (Å²) in [5, 5.41) is 14.0. The molecule has 1 unspecified atom stereocenters. The van der Waals surface area contributed by atoms with Gasteiger partial charge in [-0.3, -0.25) is 0 Å². The third-order valence-corrected chi connectivity index (χ3v) is 3.52. The number of hydrogen-bond donors (Lipinski definition) is 3. The number of aromatic carboxylic acids is 1. The van der Waals surface area contributed by atoms with Crippen LogP contribution < -0.4 is 10.6 Å². The molecule has 0 aliphatic heterocycles. The Labute approximate surface area is 123 Å². The predicted molar refractivity (Wildman–Crippen MR) is 79.0 cm³/mol. The van der Waals surface area contributed by atoms with Gasteiger partial charge in [-0.2, -0.15) is 0 Å². The van der Waals surface area contributed by atoms with Crippen molar-refractivity contribution in [3.8, 4) is 0 Å². The number of halogens is 1. The second-order valence-corrected chi connectivity index (χ2v) is 6.07. The molecule has 1 aromatic carbocycles. The van der Waals surface area contributed by atoms with Crippen molar-refractivity contribution in [2.24, 2.45) is 11.3 Å². The van der Waals surface area contributed by atoms with Crippen molar-refractivity contribution in [3.63, 3.8) is 0 Å². The molecule has 1 rings (SSSR count). The van der Waals surface area contributed by atoms with Gasteiger partial charge in [0.2, 0.25) is 0 Å². The van der Waals surface area contributed by atoms with Gasteiger partial charge in [0.15, 0.2) is 0 Å². The number of hydrogen-bond acceptors (Lipinski definition) is 2. The maximum atomic E-state index is 13.5. The van der Waals surface area contributed by atoms with Gasteiger partial charge in [0.25, 0.3) is 0 Å². The van der Waals surface area contributed by atoms with Crippen LogP contribution in [-0.2, 0) is 0 Å². The van der Waals surface area contributed by atoms with Gasteiger partial charge in [-0.1, -0.05) is 33.8 Å². The Hall–Kier alpha value is -2.11. The molecule has 0 aliphatic carbocycles. The fraction of sp³-hybridized carbons (Fsp3) is 0.467. The van der Waals surface area contributed by atoms with Crippen LogP contribution in [-0.4, -0.2) is 23.7 Å². The molecule has 3 N–H and O–H groups in total. The molecule has 1 atom stereocenters. The van der Waals surface area contributed by atoms with E-state index in [2.05, 4.69) is 31.4 Å². The van der Waals surface area contributed by atoms with Gasteiger partial charge in [0, 0.05) is 6.54 Å². The standard InChI is InChI=1S/C15H21FN2O3/c1-9(15(2,3)4)8-17-14(21)18-11-7-5-6-10(16)12(11)13(19)20/h5-7,9H,8H2,1-4H3,(H,19,20)(H2,17,18,21). The summed E-state index contributed by atoms with van der Waals surface area (Å²) >= 11 is 0. The van der Waals surface area contributed by atoms with Crippen molar-refractivity contribution < 1.29 is 19.1 Å². The topological polar surface area (TPSA) is 78.4 Å². The van der Waals surface area contributed by atoms with Crippen molar-refractivity contribution >= 4 is 17.7 Å². The van der Waals surface area contributed by atoms with Crippen LogP contribution in [0, 0.1) is 17.2 Å². The smallest absolute Gasteiger partial charge is 0.340 e. The van der Waals surface area contributed by atoms with Gasteiger partial charge in [-0.15, -0.1) is 0 Å². The molecule has 0 aromatic heterocycles. The molecule has 116 valence electrons. The largest absolute Gasteiger partial charge is 0.478 e. The first kappa shape index (κ1) is 16.9. The Morgan fingerprint density at radius 2 is 1.95 bits per heavy atom. The SMILES string of the molecule is CC(CNC(=O)Nc1cccc(F)c1C(=O)O)C(C)(C)C. The number of carboxylic acids is 1. The Kier molecular flexibility index (Phi) is 5.29. The number of carbonyl (C=O) groups excluding carboxylic acids is 1. The molecule has 0 aliphatic rings. The molecular formula is C15H21FN2O3. The summed E-state index contributed by atoms with van der Waals surface area (Å²) in [6, 6.07) is 3.17. The van der Waals surface area contributed by atoms with Gasteiger partial charge in [-0.25, -0.2) is 14.0 Å². The molecule has 6 heteroatoms. The first-order chi connectivity index (χ1) is 9.62. The molecular weight excluding hydrogens is 275 g/mol. The van der Waals surface area contributed by atoms with E-state index in [1.54, 1.807) is 0 Å². The fourth-order valence-electron chi connectivity index (χ4n) is 1.56. The average molecular weight is 296 g/mol. The van der Waals surface area contributed by atoms with Gasteiger partial charge in [0.05, 0.1) is 5.69 Å². The summed E-state index contributed by atoms with van der Waals surface area (Å²) in [6.07, 6.45) is 0. The van der Waals surface area contributed by atoms with E-state index in [-0.39, 0.29) is 17.0 Å². The van der Waals surface area contributed by atoms with Crippen LogP contribution >= 0.6 is 0 Å². The second kappa shape index (κ2) is 6.56. The molecule has 0 fully saturated rings. The number of amides is 2. The zero-order valence-corrected chi connectivity index (χ0v) is 12.7. The number of anilines is 1. The lowest BCUT2D eigenvalue weighted by Crippen LogP contribution is -2.36. The van der Waals surface area contributed by atoms with Gasteiger partial charge in [0.1, 0.15) is 11.4 Å². The van der Waals surface area contributed by atoms with Crippen LogP contribution in [0.5, 0.6) is 0 Å². The quantitative estimate of drug-likeness (QED) is 0.797. The van der Waals surface area contributed by atoms with Crippen molar-refractivity contribution in [1.29, 1.82) is 0 Å². The number of carboxylic acid groups (broad SMARTS) is 1. The van der Waals surface area contributed by atoms with E-state index in [9.17, 15) is 14.0 Å². The van der Waals surface area contributed by atoms with E-state index in [1.165, 1.54) is 12.1 Å². The minimum absolute atomic E-state index is 0.0400. The highest BCUT2D eigenvalue weighted by atomic mass is 19.1. The maximum Gasteiger partial charge on any atom is 0.340 e. The lowest BCUT2D eigenvalue weighted by molar-refractivity contribution is 0.0693.